The molecule has 0 saturated heterocycles. The van der Waals surface area contributed by atoms with Crippen LogP contribution in [0.4, 0.5) is 5.69 Å². The molecule has 2 aromatic rings. The third kappa shape index (κ3) is 5.00. The van der Waals surface area contributed by atoms with Crippen molar-refractivity contribution < 1.29 is 23.8 Å². The van der Waals surface area contributed by atoms with Crippen molar-refractivity contribution in [1.82, 2.24) is 4.90 Å². The number of anilines is 1. The molecule has 1 aliphatic rings. The molecule has 0 aromatic heterocycles. The molecule has 2 aromatic carbocycles. The lowest BCUT2D eigenvalue weighted by Gasteiger charge is -2.15. The summed E-state index contributed by atoms with van der Waals surface area (Å²) in [6.07, 6.45) is 0.0248. The Morgan fingerprint density at radius 3 is 2.35 bits per heavy atom. The molecule has 0 atom stereocenters. The average molecular weight is 445 g/mol. The molecule has 1 N–H and O–H groups in total. The molecule has 2 amide bonds. The van der Waals surface area contributed by atoms with Gasteiger partial charge in [-0.1, -0.05) is 23.7 Å². The second-order valence-electron chi connectivity index (χ2n) is 7.17. The summed E-state index contributed by atoms with van der Waals surface area (Å²) < 4.78 is 16.1. The van der Waals surface area contributed by atoms with Crippen molar-refractivity contribution in [2.45, 2.75) is 20.0 Å². The second-order valence-corrected chi connectivity index (χ2v) is 7.60. The van der Waals surface area contributed by atoms with Gasteiger partial charge < -0.3 is 19.5 Å². The van der Waals surface area contributed by atoms with Crippen molar-refractivity contribution >= 4 is 34.7 Å². The van der Waals surface area contributed by atoms with Crippen LogP contribution in [0.1, 0.15) is 19.4 Å². The predicted molar refractivity (Wildman–Crippen MR) is 119 cm³/mol. The van der Waals surface area contributed by atoms with Gasteiger partial charge >= 0.3 is 0 Å². The molecule has 3 rings (SSSR count). The van der Waals surface area contributed by atoms with Gasteiger partial charge in [-0.05, 0) is 49.7 Å². The number of halogens is 1. The van der Waals surface area contributed by atoms with Crippen LogP contribution in [0.15, 0.2) is 48.2 Å². The highest BCUT2D eigenvalue weighted by atomic mass is 35.5. The topological polar surface area (TPSA) is 77.1 Å². The van der Waals surface area contributed by atoms with Gasteiger partial charge in [-0.15, -0.1) is 0 Å². The van der Waals surface area contributed by atoms with Crippen molar-refractivity contribution in [3.8, 4) is 11.5 Å². The highest BCUT2D eigenvalue weighted by molar-refractivity contribution is 6.36. The molecule has 0 fully saturated rings. The van der Waals surface area contributed by atoms with Gasteiger partial charge in [0.15, 0.2) is 0 Å². The number of methoxy groups -OCH3 is 2. The van der Waals surface area contributed by atoms with E-state index in [1.165, 1.54) is 14.2 Å². The molecule has 0 unspecified atom stereocenters. The highest BCUT2D eigenvalue weighted by Crippen LogP contribution is 2.35. The van der Waals surface area contributed by atoms with Crippen LogP contribution in [-0.4, -0.2) is 50.2 Å². The Hall–Kier alpha value is -3.03. The molecule has 0 aliphatic carbocycles. The first kappa shape index (κ1) is 22.7. The van der Waals surface area contributed by atoms with Crippen LogP contribution < -0.4 is 14.8 Å². The molecule has 0 saturated carbocycles. The van der Waals surface area contributed by atoms with E-state index in [1.54, 1.807) is 42.5 Å². The summed E-state index contributed by atoms with van der Waals surface area (Å²) in [4.78, 5) is 27.5. The average Bonchev–Trinajstić information content (AvgIpc) is 2.96. The fourth-order valence-electron chi connectivity index (χ4n) is 3.23. The van der Waals surface area contributed by atoms with Gasteiger partial charge in [0.25, 0.3) is 11.8 Å². The van der Waals surface area contributed by atoms with Crippen LogP contribution in [0.5, 0.6) is 11.5 Å². The van der Waals surface area contributed by atoms with E-state index in [2.05, 4.69) is 5.32 Å². The molecule has 1 heterocycles. The van der Waals surface area contributed by atoms with Gasteiger partial charge in [-0.25, -0.2) is 0 Å². The summed E-state index contributed by atoms with van der Waals surface area (Å²) in [5.41, 5.74) is 1.49. The van der Waals surface area contributed by atoms with E-state index in [9.17, 15) is 9.59 Å². The van der Waals surface area contributed by atoms with Gasteiger partial charge in [-0.3, -0.25) is 14.5 Å². The summed E-state index contributed by atoms with van der Waals surface area (Å²) in [6.45, 7) is 4.25. The molecule has 31 heavy (non-hydrogen) atoms. The largest absolute Gasteiger partial charge is 0.495 e. The van der Waals surface area contributed by atoms with Gasteiger partial charge in [-0.2, -0.15) is 0 Å². The molecule has 7 nitrogen and oxygen atoms in total. The Morgan fingerprint density at radius 1 is 1.03 bits per heavy atom. The molecular formula is C23H25ClN2O5. The quantitative estimate of drug-likeness (QED) is 0.589. The summed E-state index contributed by atoms with van der Waals surface area (Å²) in [5.74, 6) is 0.329. The van der Waals surface area contributed by atoms with Crippen molar-refractivity contribution in [2.24, 2.45) is 0 Å². The molecule has 0 radical (unpaired) electrons. The number of imide groups is 1. The normalized spacial score (nSPS) is 13.9. The first-order chi connectivity index (χ1) is 14.8. The minimum absolute atomic E-state index is 0.0248. The van der Waals surface area contributed by atoms with Gasteiger partial charge in [0, 0.05) is 12.1 Å². The van der Waals surface area contributed by atoms with Gasteiger partial charge in [0.1, 0.15) is 17.2 Å². The SMILES string of the molecule is COCCN1C(=O)C(Nc2cc(Cl)ccc2OC)=C(c2ccc(OC(C)C)cc2)C1=O. The van der Waals surface area contributed by atoms with E-state index in [4.69, 9.17) is 25.8 Å². The minimum Gasteiger partial charge on any atom is -0.495 e. The van der Waals surface area contributed by atoms with E-state index >= 15 is 0 Å². The van der Waals surface area contributed by atoms with E-state index in [1.807, 2.05) is 13.8 Å². The predicted octanol–water partition coefficient (Wildman–Crippen LogP) is 3.97. The number of nitrogens with zero attached hydrogens (tertiary/aromatic N) is 1. The number of benzene rings is 2. The highest BCUT2D eigenvalue weighted by Gasteiger charge is 2.39. The molecule has 0 spiro atoms. The number of ether oxygens (including phenoxy) is 3. The lowest BCUT2D eigenvalue weighted by molar-refractivity contribution is -0.137. The number of carbonyl (C=O) groups is 2. The fraction of sp³-hybridized carbons (Fsp3) is 0.304. The minimum atomic E-state index is -0.443. The van der Waals surface area contributed by atoms with Crippen molar-refractivity contribution in [3.63, 3.8) is 0 Å². The van der Waals surface area contributed by atoms with Crippen LogP contribution in [0.2, 0.25) is 5.02 Å². The van der Waals surface area contributed by atoms with Crippen molar-refractivity contribution in [1.29, 1.82) is 0 Å². The first-order valence-electron chi connectivity index (χ1n) is 9.82. The molecule has 164 valence electrons. The molecular weight excluding hydrogens is 420 g/mol. The van der Waals surface area contributed by atoms with Crippen LogP contribution in [0, 0.1) is 0 Å². The maximum atomic E-state index is 13.2. The van der Waals surface area contributed by atoms with Crippen LogP contribution >= 0.6 is 11.6 Å². The van der Waals surface area contributed by atoms with E-state index in [-0.39, 0.29) is 30.5 Å². The van der Waals surface area contributed by atoms with Crippen LogP contribution in [0.25, 0.3) is 5.57 Å². The smallest absolute Gasteiger partial charge is 0.278 e. The standard InChI is InChI=1S/C23H25ClN2O5/c1-14(2)31-17-8-5-15(6-9-17)20-21(23(28)26(22(20)27)11-12-29-3)25-18-13-16(24)7-10-19(18)30-4/h5-10,13-14,25H,11-12H2,1-4H3. The summed E-state index contributed by atoms with van der Waals surface area (Å²) in [5, 5.41) is 3.54. The van der Waals surface area contributed by atoms with Crippen LogP contribution in [0.3, 0.4) is 0 Å². The Morgan fingerprint density at radius 2 is 1.74 bits per heavy atom. The lowest BCUT2D eigenvalue weighted by atomic mass is 10.0. The number of rotatable bonds is 9. The number of nitrogens with one attached hydrogen (secondary N) is 1. The van der Waals surface area contributed by atoms with Gasteiger partial charge in [0.05, 0.1) is 37.6 Å². The molecule has 8 heteroatoms. The summed E-state index contributed by atoms with van der Waals surface area (Å²) >= 11 is 6.13. The van der Waals surface area contributed by atoms with E-state index in [0.29, 0.717) is 27.8 Å². The zero-order valence-electron chi connectivity index (χ0n) is 17.9. The van der Waals surface area contributed by atoms with E-state index in [0.717, 1.165) is 4.90 Å². The third-order valence-corrected chi connectivity index (χ3v) is 4.86. The summed E-state index contributed by atoms with van der Waals surface area (Å²) in [6, 6.07) is 12.1. The zero-order valence-corrected chi connectivity index (χ0v) is 18.7. The molecule has 1 aliphatic heterocycles. The maximum Gasteiger partial charge on any atom is 0.278 e. The fourth-order valence-corrected chi connectivity index (χ4v) is 3.40. The van der Waals surface area contributed by atoms with Crippen molar-refractivity contribution in [3.05, 3.63) is 58.7 Å². The zero-order chi connectivity index (χ0) is 22.5. The first-order valence-corrected chi connectivity index (χ1v) is 10.2. The maximum absolute atomic E-state index is 13.2. The van der Waals surface area contributed by atoms with Gasteiger partial charge in [0.2, 0.25) is 0 Å². The number of carbonyl (C=O) groups excluding carboxylic acids is 2. The Labute approximate surface area is 186 Å². The Bertz CT molecular complexity index is 1000. The molecule has 0 bridgehead atoms. The number of amides is 2. The summed E-state index contributed by atoms with van der Waals surface area (Å²) in [7, 11) is 3.03. The van der Waals surface area contributed by atoms with Crippen molar-refractivity contribution in [2.75, 3.05) is 32.7 Å². The number of hydrogen-bond donors (Lipinski definition) is 1. The Kier molecular flexibility index (Phi) is 7.20. The van der Waals surface area contributed by atoms with Crippen LogP contribution in [-0.2, 0) is 14.3 Å². The second kappa shape index (κ2) is 9.85. The number of hydrogen-bond acceptors (Lipinski definition) is 6. The monoisotopic (exact) mass is 444 g/mol. The Balaban J connectivity index is 2.04. The third-order valence-electron chi connectivity index (χ3n) is 4.62. The van der Waals surface area contributed by atoms with E-state index < -0.39 is 11.8 Å². The lowest BCUT2D eigenvalue weighted by Crippen LogP contribution is -2.35.